The standard InChI is InChI=1S/C12H15F4NO2.ClH/c1-2-8(18)10(17)7-5-3-4-6-9(7)19-12(15,16)11(13)14;/h3-6,8,10-11,18H,2,17H2,1H3;1H/t8-,10+;/m1./s1. The second-order valence-corrected chi connectivity index (χ2v) is 4.00. The molecule has 116 valence electrons. The van der Waals surface area contributed by atoms with Crippen molar-refractivity contribution in [3.63, 3.8) is 0 Å². The lowest BCUT2D eigenvalue weighted by Gasteiger charge is -2.23. The van der Waals surface area contributed by atoms with E-state index in [2.05, 4.69) is 4.74 Å². The topological polar surface area (TPSA) is 55.5 Å². The average Bonchev–Trinajstić information content (AvgIpc) is 2.37. The molecule has 8 heteroatoms. The van der Waals surface area contributed by atoms with Gasteiger partial charge in [-0.3, -0.25) is 0 Å². The Morgan fingerprint density at radius 1 is 1.30 bits per heavy atom. The van der Waals surface area contributed by atoms with Crippen LogP contribution in [0.3, 0.4) is 0 Å². The Bertz CT molecular complexity index is 420. The Morgan fingerprint density at radius 2 is 1.85 bits per heavy atom. The Labute approximate surface area is 120 Å². The van der Waals surface area contributed by atoms with E-state index in [4.69, 9.17) is 5.73 Å². The molecule has 3 nitrogen and oxygen atoms in total. The quantitative estimate of drug-likeness (QED) is 0.793. The highest BCUT2D eigenvalue weighted by atomic mass is 35.5. The lowest BCUT2D eigenvalue weighted by atomic mass is 10.00. The molecule has 0 fully saturated rings. The second kappa shape index (κ2) is 7.66. The number of alkyl halides is 4. The fourth-order valence-corrected chi connectivity index (χ4v) is 1.50. The third-order valence-corrected chi connectivity index (χ3v) is 2.61. The van der Waals surface area contributed by atoms with Crippen molar-refractivity contribution in [3.8, 4) is 5.75 Å². The first-order valence-electron chi connectivity index (χ1n) is 5.67. The molecule has 20 heavy (non-hydrogen) atoms. The van der Waals surface area contributed by atoms with Crippen LogP contribution in [-0.2, 0) is 0 Å². The van der Waals surface area contributed by atoms with Crippen LogP contribution < -0.4 is 10.5 Å². The maximum absolute atomic E-state index is 12.9. The van der Waals surface area contributed by atoms with Crippen LogP contribution in [0.4, 0.5) is 17.6 Å². The zero-order valence-electron chi connectivity index (χ0n) is 10.6. The van der Waals surface area contributed by atoms with E-state index in [1.165, 1.54) is 18.2 Å². The highest BCUT2D eigenvalue weighted by Crippen LogP contribution is 2.33. The Morgan fingerprint density at radius 3 is 2.35 bits per heavy atom. The molecule has 0 amide bonds. The van der Waals surface area contributed by atoms with Crippen LogP contribution in [-0.4, -0.2) is 23.7 Å². The first-order valence-corrected chi connectivity index (χ1v) is 5.67. The number of rotatable bonds is 6. The van der Waals surface area contributed by atoms with Crippen molar-refractivity contribution in [1.82, 2.24) is 0 Å². The van der Waals surface area contributed by atoms with Gasteiger partial charge in [-0.2, -0.15) is 17.6 Å². The molecule has 1 aromatic carbocycles. The van der Waals surface area contributed by atoms with Crippen LogP contribution in [0.25, 0.3) is 0 Å². The van der Waals surface area contributed by atoms with E-state index in [9.17, 15) is 22.7 Å². The fraction of sp³-hybridized carbons (Fsp3) is 0.500. The van der Waals surface area contributed by atoms with Gasteiger partial charge in [0.05, 0.1) is 12.1 Å². The molecule has 0 radical (unpaired) electrons. The summed E-state index contributed by atoms with van der Waals surface area (Å²) in [6.07, 6.45) is -9.24. The molecular formula is C12H16ClF4NO2. The molecule has 0 aliphatic carbocycles. The molecule has 0 unspecified atom stereocenters. The molecule has 0 aromatic heterocycles. The summed E-state index contributed by atoms with van der Waals surface area (Å²) in [5, 5.41) is 9.60. The molecule has 3 N–H and O–H groups in total. The number of para-hydroxylation sites is 1. The number of hydrogen-bond acceptors (Lipinski definition) is 3. The van der Waals surface area contributed by atoms with E-state index in [0.717, 1.165) is 6.07 Å². The van der Waals surface area contributed by atoms with Crippen molar-refractivity contribution in [1.29, 1.82) is 0 Å². The van der Waals surface area contributed by atoms with Gasteiger partial charge in [0, 0.05) is 5.56 Å². The van der Waals surface area contributed by atoms with Crippen molar-refractivity contribution >= 4 is 12.4 Å². The Kier molecular flexibility index (Phi) is 7.26. The number of ether oxygens (including phenoxy) is 1. The zero-order valence-corrected chi connectivity index (χ0v) is 11.4. The molecule has 1 aromatic rings. The summed E-state index contributed by atoms with van der Waals surface area (Å²) in [7, 11) is 0. The van der Waals surface area contributed by atoms with E-state index in [1.54, 1.807) is 6.92 Å². The smallest absolute Gasteiger partial charge is 0.428 e. The molecule has 0 spiro atoms. The summed E-state index contributed by atoms with van der Waals surface area (Å²) in [6, 6.07) is 4.31. The summed E-state index contributed by atoms with van der Waals surface area (Å²) in [5.41, 5.74) is 5.74. The minimum Gasteiger partial charge on any atom is -0.428 e. The molecule has 0 aliphatic heterocycles. The number of halogens is 5. The molecule has 0 saturated heterocycles. The number of aliphatic hydroxyl groups is 1. The minimum absolute atomic E-state index is 0. The van der Waals surface area contributed by atoms with Crippen molar-refractivity contribution in [3.05, 3.63) is 29.8 Å². The zero-order chi connectivity index (χ0) is 14.6. The van der Waals surface area contributed by atoms with Crippen molar-refractivity contribution in [2.24, 2.45) is 5.73 Å². The normalized spacial score (nSPS) is 14.6. The third kappa shape index (κ3) is 4.50. The van der Waals surface area contributed by atoms with Crippen LogP contribution in [0.15, 0.2) is 24.3 Å². The van der Waals surface area contributed by atoms with Crippen molar-refractivity contribution in [2.45, 2.75) is 38.0 Å². The summed E-state index contributed by atoms with van der Waals surface area (Å²) in [4.78, 5) is 0. The summed E-state index contributed by atoms with van der Waals surface area (Å²) in [5.74, 6) is -0.465. The molecule has 0 aliphatic rings. The highest BCUT2D eigenvalue weighted by molar-refractivity contribution is 5.85. The van der Waals surface area contributed by atoms with Gasteiger partial charge in [0.25, 0.3) is 0 Å². The van der Waals surface area contributed by atoms with Crippen LogP contribution >= 0.6 is 12.4 Å². The van der Waals surface area contributed by atoms with Crippen LogP contribution in [0.5, 0.6) is 5.75 Å². The van der Waals surface area contributed by atoms with Gasteiger partial charge < -0.3 is 15.6 Å². The first kappa shape index (κ1) is 18.9. The van der Waals surface area contributed by atoms with Crippen molar-refractivity contribution < 1.29 is 27.4 Å². The van der Waals surface area contributed by atoms with Crippen LogP contribution in [0.1, 0.15) is 24.9 Å². The van der Waals surface area contributed by atoms with Crippen molar-refractivity contribution in [2.75, 3.05) is 0 Å². The SMILES string of the molecule is CC[C@@H](O)[C@@H](N)c1ccccc1OC(F)(F)C(F)F.Cl. The van der Waals surface area contributed by atoms with E-state index in [-0.39, 0.29) is 18.0 Å². The Balaban J connectivity index is 0.00000361. The molecule has 1 rings (SSSR count). The number of nitrogens with two attached hydrogens (primary N) is 1. The predicted molar refractivity (Wildman–Crippen MR) is 68.5 cm³/mol. The lowest BCUT2D eigenvalue weighted by Crippen LogP contribution is -2.34. The Hall–Kier alpha value is -1.05. The van der Waals surface area contributed by atoms with Gasteiger partial charge in [-0.15, -0.1) is 12.4 Å². The lowest BCUT2D eigenvalue weighted by molar-refractivity contribution is -0.253. The maximum atomic E-state index is 12.9. The first-order chi connectivity index (χ1) is 8.79. The largest absolute Gasteiger partial charge is 0.461 e. The molecule has 0 bridgehead atoms. The number of benzene rings is 1. The van der Waals surface area contributed by atoms with Crippen LogP contribution in [0, 0.1) is 0 Å². The number of hydrogen-bond donors (Lipinski definition) is 2. The fourth-order valence-electron chi connectivity index (χ4n) is 1.50. The molecular weight excluding hydrogens is 302 g/mol. The summed E-state index contributed by atoms with van der Waals surface area (Å²) < 4.78 is 54.0. The van der Waals surface area contributed by atoms with Gasteiger partial charge in [0.15, 0.2) is 0 Å². The van der Waals surface area contributed by atoms with Gasteiger partial charge in [-0.1, -0.05) is 25.1 Å². The highest BCUT2D eigenvalue weighted by Gasteiger charge is 2.44. The van der Waals surface area contributed by atoms with Gasteiger partial charge in [0.2, 0.25) is 0 Å². The molecule has 0 heterocycles. The molecule has 0 saturated carbocycles. The van der Waals surface area contributed by atoms with Gasteiger partial charge in [-0.05, 0) is 12.5 Å². The number of aliphatic hydroxyl groups excluding tert-OH is 1. The van der Waals surface area contributed by atoms with E-state index >= 15 is 0 Å². The van der Waals surface area contributed by atoms with Crippen LogP contribution in [0.2, 0.25) is 0 Å². The van der Waals surface area contributed by atoms with Gasteiger partial charge in [-0.25, -0.2) is 0 Å². The van der Waals surface area contributed by atoms with Gasteiger partial charge >= 0.3 is 12.5 Å². The molecule has 2 atom stereocenters. The summed E-state index contributed by atoms with van der Waals surface area (Å²) in [6.45, 7) is 1.65. The minimum atomic E-state index is -4.60. The monoisotopic (exact) mass is 317 g/mol. The van der Waals surface area contributed by atoms with E-state index in [0.29, 0.717) is 6.42 Å². The average molecular weight is 318 g/mol. The van der Waals surface area contributed by atoms with E-state index < -0.39 is 30.4 Å². The second-order valence-electron chi connectivity index (χ2n) is 4.00. The third-order valence-electron chi connectivity index (χ3n) is 2.61. The predicted octanol–water partition coefficient (Wildman–Crippen LogP) is 3.12. The van der Waals surface area contributed by atoms with Gasteiger partial charge in [0.1, 0.15) is 5.75 Å². The summed E-state index contributed by atoms with van der Waals surface area (Å²) >= 11 is 0. The maximum Gasteiger partial charge on any atom is 0.461 e. The van der Waals surface area contributed by atoms with E-state index in [1.807, 2.05) is 0 Å².